The average molecular weight is 265 g/mol. The van der Waals surface area contributed by atoms with Gasteiger partial charge < -0.3 is 10.0 Å². The van der Waals surface area contributed by atoms with E-state index in [4.69, 9.17) is 5.11 Å². The van der Waals surface area contributed by atoms with Crippen molar-refractivity contribution in [2.24, 2.45) is 5.92 Å². The van der Waals surface area contributed by atoms with E-state index in [1.165, 1.54) is 17.0 Å². The number of rotatable bonds is 2. The van der Waals surface area contributed by atoms with E-state index < -0.39 is 11.9 Å². The van der Waals surface area contributed by atoms with Crippen LogP contribution in [0.15, 0.2) is 12.1 Å². The lowest BCUT2D eigenvalue weighted by atomic mass is 10.1. The van der Waals surface area contributed by atoms with Crippen molar-refractivity contribution in [2.75, 3.05) is 13.1 Å². The van der Waals surface area contributed by atoms with Crippen molar-refractivity contribution in [1.29, 1.82) is 0 Å². The molecule has 102 valence electrons. The zero-order valence-corrected chi connectivity index (χ0v) is 10.9. The number of nitrogens with zero attached hydrogens (tertiary/aromatic N) is 1. The van der Waals surface area contributed by atoms with Gasteiger partial charge in [0.05, 0.1) is 5.92 Å². The molecule has 1 aliphatic heterocycles. The van der Waals surface area contributed by atoms with Gasteiger partial charge in [0, 0.05) is 18.7 Å². The van der Waals surface area contributed by atoms with Gasteiger partial charge in [0.1, 0.15) is 5.82 Å². The molecule has 1 saturated heterocycles. The summed E-state index contributed by atoms with van der Waals surface area (Å²) in [6.45, 7) is 3.89. The molecule has 1 N–H and O–H groups in total. The van der Waals surface area contributed by atoms with Gasteiger partial charge in [-0.2, -0.15) is 0 Å². The normalized spacial score (nSPS) is 18.7. The quantitative estimate of drug-likeness (QED) is 0.889. The third-order valence-corrected chi connectivity index (χ3v) is 3.51. The predicted octanol–water partition coefficient (Wildman–Crippen LogP) is 1.99. The Balaban J connectivity index is 2.19. The molecule has 0 aliphatic carbocycles. The van der Waals surface area contributed by atoms with Gasteiger partial charge >= 0.3 is 5.97 Å². The summed E-state index contributed by atoms with van der Waals surface area (Å²) >= 11 is 0. The lowest BCUT2D eigenvalue weighted by Crippen LogP contribution is -2.30. The molecule has 0 spiro atoms. The molecule has 5 heteroatoms. The van der Waals surface area contributed by atoms with Crippen molar-refractivity contribution in [3.05, 3.63) is 34.6 Å². The van der Waals surface area contributed by atoms with Crippen LogP contribution in [0.5, 0.6) is 0 Å². The molecule has 4 nitrogen and oxygen atoms in total. The van der Waals surface area contributed by atoms with Crippen LogP contribution in [0.25, 0.3) is 0 Å². The monoisotopic (exact) mass is 265 g/mol. The number of hydrogen-bond donors (Lipinski definition) is 1. The molecule has 1 aromatic rings. The fourth-order valence-electron chi connectivity index (χ4n) is 2.40. The standard InChI is InChI=1S/C14H16FNO3/c1-8-5-11(6-9(2)12(8)15)13(17)16-4-3-10(7-16)14(18)19/h5-6,10H,3-4,7H2,1-2H3,(H,18,19). The number of halogens is 1. The molecule has 1 unspecified atom stereocenters. The molecule has 0 saturated carbocycles. The van der Waals surface area contributed by atoms with Gasteiger partial charge in [0.25, 0.3) is 5.91 Å². The Kier molecular flexibility index (Phi) is 3.55. The maximum atomic E-state index is 13.5. The molecule has 1 heterocycles. The van der Waals surface area contributed by atoms with Crippen molar-refractivity contribution in [3.63, 3.8) is 0 Å². The molecule has 0 bridgehead atoms. The van der Waals surface area contributed by atoms with E-state index in [0.717, 1.165) is 0 Å². The molecular weight excluding hydrogens is 249 g/mol. The highest BCUT2D eigenvalue weighted by molar-refractivity contribution is 5.95. The molecule has 19 heavy (non-hydrogen) atoms. The van der Waals surface area contributed by atoms with Crippen LogP contribution >= 0.6 is 0 Å². The van der Waals surface area contributed by atoms with Crippen LogP contribution in [-0.4, -0.2) is 35.0 Å². The van der Waals surface area contributed by atoms with Crippen molar-refractivity contribution in [2.45, 2.75) is 20.3 Å². The first kappa shape index (κ1) is 13.5. The summed E-state index contributed by atoms with van der Waals surface area (Å²) in [5, 5.41) is 8.92. The highest BCUT2D eigenvalue weighted by Crippen LogP contribution is 2.21. The molecular formula is C14H16FNO3. The molecule has 0 radical (unpaired) electrons. The second-order valence-corrected chi connectivity index (χ2v) is 5.00. The van der Waals surface area contributed by atoms with E-state index in [2.05, 4.69) is 0 Å². The molecule has 1 aliphatic rings. The van der Waals surface area contributed by atoms with E-state index in [-0.39, 0.29) is 18.3 Å². The number of benzene rings is 1. The Bertz CT molecular complexity index is 518. The Morgan fingerprint density at radius 2 is 1.89 bits per heavy atom. The molecule has 0 aromatic heterocycles. The third kappa shape index (κ3) is 2.59. The fourth-order valence-corrected chi connectivity index (χ4v) is 2.40. The predicted molar refractivity (Wildman–Crippen MR) is 67.5 cm³/mol. The van der Waals surface area contributed by atoms with Gasteiger partial charge in [-0.05, 0) is 43.5 Å². The average Bonchev–Trinajstić information content (AvgIpc) is 2.84. The Morgan fingerprint density at radius 1 is 1.32 bits per heavy atom. The van der Waals surface area contributed by atoms with Crippen molar-refractivity contribution >= 4 is 11.9 Å². The number of aryl methyl sites for hydroxylation is 2. The fraction of sp³-hybridized carbons (Fsp3) is 0.429. The van der Waals surface area contributed by atoms with Gasteiger partial charge in [-0.3, -0.25) is 9.59 Å². The van der Waals surface area contributed by atoms with Gasteiger partial charge in [0.15, 0.2) is 0 Å². The lowest BCUT2D eigenvalue weighted by Gasteiger charge is -2.16. The van der Waals surface area contributed by atoms with Crippen LogP contribution in [0.4, 0.5) is 4.39 Å². The van der Waals surface area contributed by atoms with Crippen molar-refractivity contribution < 1.29 is 19.1 Å². The van der Waals surface area contributed by atoms with Crippen LogP contribution < -0.4 is 0 Å². The highest BCUT2D eigenvalue weighted by atomic mass is 19.1. The zero-order chi connectivity index (χ0) is 14.2. The van der Waals surface area contributed by atoms with Gasteiger partial charge in [-0.25, -0.2) is 4.39 Å². The molecule has 1 aromatic carbocycles. The second-order valence-electron chi connectivity index (χ2n) is 5.00. The van der Waals surface area contributed by atoms with E-state index in [9.17, 15) is 14.0 Å². The van der Waals surface area contributed by atoms with Crippen LogP contribution in [0.3, 0.4) is 0 Å². The summed E-state index contributed by atoms with van der Waals surface area (Å²) in [6.07, 6.45) is 0.472. The van der Waals surface area contributed by atoms with Crippen LogP contribution in [0, 0.1) is 25.6 Å². The Morgan fingerprint density at radius 3 is 2.37 bits per heavy atom. The summed E-state index contributed by atoms with van der Waals surface area (Å²) in [6, 6.07) is 3.03. The van der Waals surface area contributed by atoms with Crippen molar-refractivity contribution in [1.82, 2.24) is 4.90 Å². The number of aliphatic carboxylic acids is 1. The Labute approximate surface area is 110 Å². The van der Waals surface area contributed by atoms with Crippen LogP contribution in [0.1, 0.15) is 27.9 Å². The van der Waals surface area contributed by atoms with Gasteiger partial charge in [-0.15, -0.1) is 0 Å². The largest absolute Gasteiger partial charge is 0.481 e. The van der Waals surface area contributed by atoms with Gasteiger partial charge in [0.2, 0.25) is 0 Å². The van der Waals surface area contributed by atoms with E-state index in [1.54, 1.807) is 13.8 Å². The number of carboxylic acids is 1. The summed E-state index contributed by atoms with van der Waals surface area (Å²) < 4.78 is 13.5. The second kappa shape index (κ2) is 4.99. The summed E-state index contributed by atoms with van der Waals surface area (Å²) in [4.78, 5) is 24.6. The minimum Gasteiger partial charge on any atom is -0.481 e. The Hall–Kier alpha value is -1.91. The summed E-state index contributed by atoms with van der Waals surface area (Å²) in [5.74, 6) is -1.90. The third-order valence-electron chi connectivity index (χ3n) is 3.51. The zero-order valence-electron chi connectivity index (χ0n) is 10.9. The van der Waals surface area contributed by atoms with E-state index >= 15 is 0 Å². The summed E-state index contributed by atoms with van der Waals surface area (Å²) in [5.41, 5.74) is 1.28. The highest BCUT2D eigenvalue weighted by Gasteiger charge is 2.31. The maximum absolute atomic E-state index is 13.5. The van der Waals surface area contributed by atoms with Crippen LogP contribution in [0.2, 0.25) is 0 Å². The van der Waals surface area contributed by atoms with E-state index in [1.807, 2.05) is 0 Å². The van der Waals surface area contributed by atoms with E-state index in [0.29, 0.717) is 29.7 Å². The number of hydrogen-bond acceptors (Lipinski definition) is 2. The lowest BCUT2D eigenvalue weighted by molar-refractivity contribution is -0.141. The van der Waals surface area contributed by atoms with Crippen molar-refractivity contribution in [3.8, 4) is 0 Å². The first-order valence-corrected chi connectivity index (χ1v) is 6.19. The molecule has 1 amide bonds. The number of carbonyl (C=O) groups excluding carboxylic acids is 1. The molecule has 1 atom stereocenters. The van der Waals surface area contributed by atoms with Crippen LogP contribution in [-0.2, 0) is 4.79 Å². The first-order valence-electron chi connectivity index (χ1n) is 6.19. The SMILES string of the molecule is Cc1cc(C(=O)N2CCC(C(=O)O)C2)cc(C)c1F. The molecule has 1 fully saturated rings. The topological polar surface area (TPSA) is 57.6 Å². The van der Waals surface area contributed by atoms with Gasteiger partial charge in [-0.1, -0.05) is 0 Å². The number of amides is 1. The number of carboxylic acid groups (broad SMARTS) is 1. The number of likely N-dealkylation sites (tertiary alicyclic amines) is 1. The summed E-state index contributed by atoms with van der Waals surface area (Å²) in [7, 11) is 0. The smallest absolute Gasteiger partial charge is 0.308 e. The minimum atomic E-state index is -0.873. The number of carbonyl (C=O) groups is 2. The maximum Gasteiger partial charge on any atom is 0.308 e. The first-order chi connectivity index (χ1) is 8.90. The minimum absolute atomic E-state index is 0.226. The molecule has 2 rings (SSSR count).